The summed E-state index contributed by atoms with van der Waals surface area (Å²) in [4.78, 5) is 16.5. The van der Waals surface area contributed by atoms with Crippen LogP contribution < -0.4 is 4.90 Å². The molecule has 1 heterocycles. The van der Waals surface area contributed by atoms with E-state index in [1.807, 2.05) is 0 Å². The van der Waals surface area contributed by atoms with Crippen molar-refractivity contribution in [2.75, 3.05) is 25.0 Å². The first-order valence-corrected chi connectivity index (χ1v) is 10.1. The minimum absolute atomic E-state index is 0.125. The molecule has 0 aliphatic carbocycles. The van der Waals surface area contributed by atoms with Gasteiger partial charge in [0.2, 0.25) is 0 Å². The fourth-order valence-electron chi connectivity index (χ4n) is 4.02. The third kappa shape index (κ3) is 4.02. The molecule has 3 nitrogen and oxygen atoms in total. The van der Waals surface area contributed by atoms with Crippen LogP contribution in [0.2, 0.25) is 0 Å². The molecule has 0 atom stereocenters. The molecule has 0 saturated carbocycles. The van der Waals surface area contributed by atoms with Gasteiger partial charge >= 0.3 is 0 Å². The Bertz CT molecular complexity index is 969. The normalized spacial score (nSPS) is 12.7. The first-order valence-electron chi connectivity index (χ1n) is 10.1. The number of benzene rings is 3. The molecule has 1 aliphatic rings. The Morgan fingerprint density at radius 2 is 1.45 bits per heavy atom. The van der Waals surface area contributed by atoms with E-state index < -0.39 is 5.82 Å². The van der Waals surface area contributed by atoms with E-state index in [0.29, 0.717) is 6.54 Å². The van der Waals surface area contributed by atoms with Crippen LogP contribution in [0.25, 0.3) is 0 Å². The lowest BCUT2D eigenvalue weighted by Gasteiger charge is -2.28. The second kappa shape index (κ2) is 8.48. The molecule has 0 bridgehead atoms. The second-order valence-corrected chi connectivity index (χ2v) is 7.47. The van der Waals surface area contributed by atoms with Crippen LogP contribution in [0.1, 0.15) is 27.9 Å². The number of fused-ring (bicyclic) bond motifs is 2. The van der Waals surface area contributed by atoms with Crippen molar-refractivity contribution in [1.82, 2.24) is 4.90 Å². The molecule has 0 unspecified atom stereocenters. The van der Waals surface area contributed by atoms with E-state index in [2.05, 4.69) is 53.4 Å². The third-order valence-electron chi connectivity index (χ3n) is 5.55. The number of aryl methyl sites for hydroxylation is 2. The van der Waals surface area contributed by atoms with Crippen molar-refractivity contribution in [1.29, 1.82) is 0 Å². The number of para-hydroxylation sites is 2. The van der Waals surface area contributed by atoms with Gasteiger partial charge in [0.25, 0.3) is 5.91 Å². The van der Waals surface area contributed by atoms with Crippen LogP contribution in [0.3, 0.4) is 0 Å². The van der Waals surface area contributed by atoms with Gasteiger partial charge < -0.3 is 9.80 Å². The van der Waals surface area contributed by atoms with Crippen LogP contribution in [0.15, 0.2) is 72.8 Å². The number of nitrogens with zero attached hydrogens (tertiary/aromatic N) is 2. The number of hydrogen-bond acceptors (Lipinski definition) is 2. The van der Waals surface area contributed by atoms with E-state index in [4.69, 9.17) is 0 Å². The van der Waals surface area contributed by atoms with Gasteiger partial charge in [-0.15, -0.1) is 0 Å². The topological polar surface area (TPSA) is 23.6 Å². The first kappa shape index (κ1) is 19.2. The number of rotatable bonds is 5. The number of carbonyl (C=O) groups excluding carboxylic acids is 1. The number of halogens is 1. The van der Waals surface area contributed by atoms with Crippen LogP contribution in [0.4, 0.5) is 15.8 Å². The molecule has 0 aromatic heterocycles. The highest BCUT2D eigenvalue weighted by Gasteiger charge is 2.21. The Morgan fingerprint density at radius 1 is 0.897 bits per heavy atom. The van der Waals surface area contributed by atoms with Crippen LogP contribution in [0.5, 0.6) is 0 Å². The van der Waals surface area contributed by atoms with Crippen molar-refractivity contribution in [2.45, 2.75) is 19.3 Å². The van der Waals surface area contributed by atoms with Crippen molar-refractivity contribution in [3.05, 3.63) is 95.3 Å². The molecule has 1 amide bonds. The Labute approximate surface area is 171 Å². The molecule has 148 valence electrons. The zero-order valence-electron chi connectivity index (χ0n) is 16.6. The molecule has 3 aromatic rings. The molecule has 29 heavy (non-hydrogen) atoms. The maximum absolute atomic E-state index is 13.9. The lowest BCUT2D eigenvalue weighted by atomic mass is 10.0. The molecule has 0 spiro atoms. The molecule has 0 fully saturated rings. The van der Waals surface area contributed by atoms with Crippen molar-refractivity contribution in [3.8, 4) is 0 Å². The molecule has 3 aromatic carbocycles. The second-order valence-electron chi connectivity index (χ2n) is 7.47. The number of hydrogen-bond donors (Lipinski definition) is 0. The summed E-state index contributed by atoms with van der Waals surface area (Å²) in [7, 11) is 1.74. The van der Waals surface area contributed by atoms with E-state index in [-0.39, 0.29) is 11.5 Å². The Balaban J connectivity index is 1.50. The van der Waals surface area contributed by atoms with Gasteiger partial charge in [0.15, 0.2) is 0 Å². The van der Waals surface area contributed by atoms with Crippen LogP contribution in [0, 0.1) is 5.82 Å². The summed E-state index contributed by atoms with van der Waals surface area (Å²) in [5, 5.41) is 0. The molecule has 0 radical (unpaired) electrons. The highest BCUT2D eigenvalue weighted by Crippen LogP contribution is 2.35. The van der Waals surface area contributed by atoms with E-state index in [0.717, 1.165) is 25.8 Å². The summed E-state index contributed by atoms with van der Waals surface area (Å²) in [6, 6.07) is 23.2. The lowest BCUT2D eigenvalue weighted by molar-refractivity contribution is 0.0789. The predicted molar refractivity (Wildman–Crippen MR) is 115 cm³/mol. The molecular formula is C25H25FN2O. The smallest absolute Gasteiger partial charge is 0.256 e. The van der Waals surface area contributed by atoms with Gasteiger partial charge in [0.05, 0.1) is 5.56 Å². The third-order valence-corrected chi connectivity index (χ3v) is 5.55. The quantitative estimate of drug-likeness (QED) is 0.598. The van der Waals surface area contributed by atoms with Crippen molar-refractivity contribution in [2.24, 2.45) is 0 Å². The zero-order valence-corrected chi connectivity index (χ0v) is 16.6. The Kier molecular flexibility index (Phi) is 5.61. The Hall–Kier alpha value is -3.14. The number of amides is 1. The van der Waals surface area contributed by atoms with Gasteiger partial charge in [0.1, 0.15) is 5.82 Å². The van der Waals surface area contributed by atoms with Gasteiger partial charge in [-0.1, -0.05) is 48.5 Å². The summed E-state index contributed by atoms with van der Waals surface area (Å²) in [6.45, 7) is 1.36. The fraction of sp³-hybridized carbons (Fsp3) is 0.240. The zero-order chi connectivity index (χ0) is 20.2. The summed E-state index contributed by atoms with van der Waals surface area (Å²) < 4.78 is 13.9. The maximum Gasteiger partial charge on any atom is 0.256 e. The molecular weight excluding hydrogens is 363 g/mol. The molecule has 4 rings (SSSR count). The number of anilines is 2. The average molecular weight is 388 g/mol. The molecule has 0 N–H and O–H groups in total. The highest BCUT2D eigenvalue weighted by molar-refractivity contribution is 5.94. The largest absolute Gasteiger partial charge is 0.342 e. The van der Waals surface area contributed by atoms with Gasteiger partial charge in [0, 0.05) is 31.5 Å². The predicted octanol–water partition coefficient (Wildman–Crippen LogP) is 5.22. The number of carbonyl (C=O) groups is 1. The standard InChI is InChI=1S/C25H25FN2O/c1-27(25(29)21-11-4-5-12-22(21)26)17-8-18-28-23-13-6-2-9-19(23)15-16-20-10-3-7-14-24(20)28/h2-7,9-14H,8,15-18H2,1H3. The van der Waals surface area contributed by atoms with E-state index in [1.54, 1.807) is 24.1 Å². The molecule has 1 aliphatic heterocycles. The van der Waals surface area contributed by atoms with Crippen molar-refractivity contribution < 1.29 is 9.18 Å². The van der Waals surface area contributed by atoms with Crippen LogP contribution >= 0.6 is 0 Å². The maximum atomic E-state index is 13.9. The Morgan fingerprint density at radius 3 is 2.07 bits per heavy atom. The van der Waals surface area contributed by atoms with Gasteiger partial charge in [-0.2, -0.15) is 0 Å². The molecule has 4 heteroatoms. The van der Waals surface area contributed by atoms with E-state index >= 15 is 0 Å². The summed E-state index contributed by atoms with van der Waals surface area (Å²) >= 11 is 0. The van der Waals surface area contributed by atoms with Crippen molar-refractivity contribution >= 4 is 17.3 Å². The van der Waals surface area contributed by atoms with Gasteiger partial charge in [-0.25, -0.2) is 4.39 Å². The monoisotopic (exact) mass is 388 g/mol. The summed E-state index contributed by atoms with van der Waals surface area (Å²) in [5.41, 5.74) is 5.29. The minimum Gasteiger partial charge on any atom is -0.342 e. The average Bonchev–Trinajstić information content (AvgIpc) is 2.91. The van der Waals surface area contributed by atoms with Gasteiger partial charge in [-0.05, 0) is 54.7 Å². The highest BCUT2D eigenvalue weighted by atomic mass is 19.1. The molecule has 0 saturated heterocycles. The fourth-order valence-corrected chi connectivity index (χ4v) is 4.02. The van der Waals surface area contributed by atoms with Crippen LogP contribution in [-0.4, -0.2) is 30.9 Å². The first-order chi connectivity index (χ1) is 14.1. The van der Waals surface area contributed by atoms with Crippen LogP contribution in [-0.2, 0) is 12.8 Å². The lowest BCUT2D eigenvalue weighted by Crippen LogP contribution is -2.31. The SMILES string of the molecule is CN(CCCN1c2ccccc2CCc2ccccc21)C(=O)c1ccccc1F. The minimum atomic E-state index is -0.472. The van der Waals surface area contributed by atoms with Crippen molar-refractivity contribution in [3.63, 3.8) is 0 Å². The van der Waals surface area contributed by atoms with E-state index in [9.17, 15) is 9.18 Å². The van der Waals surface area contributed by atoms with E-state index in [1.165, 1.54) is 34.6 Å². The summed E-state index contributed by atoms with van der Waals surface area (Å²) in [6.07, 6.45) is 2.84. The van der Waals surface area contributed by atoms with Gasteiger partial charge in [-0.3, -0.25) is 4.79 Å². The summed E-state index contributed by atoms with van der Waals surface area (Å²) in [5.74, 6) is -0.750.